The molecule has 1 aliphatic rings. The maximum absolute atomic E-state index is 12.6. The Labute approximate surface area is 168 Å². The maximum atomic E-state index is 12.6. The van der Waals surface area contributed by atoms with Gasteiger partial charge in [0.05, 0.1) is 23.6 Å². The van der Waals surface area contributed by atoms with Crippen molar-refractivity contribution in [1.82, 2.24) is 4.90 Å². The van der Waals surface area contributed by atoms with Gasteiger partial charge in [-0.25, -0.2) is 8.42 Å². The zero-order chi connectivity index (χ0) is 21.0. The normalized spacial score (nSPS) is 20.6. The Morgan fingerprint density at radius 2 is 1.79 bits per heavy atom. The largest absolute Gasteiger partial charge is 0.368 e. The second-order valence-electron chi connectivity index (χ2n) is 6.92. The lowest BCUT2D eigenvalue weighted by atomic mass is 10.1. The first-order valence-corrected chi connectivity index (χ1v) is 10.6. The molecule has 0 saturated carbocycles. The lowest BCUT2D eigenvalue weighted by Crippen LogP contribution is -2.46. The van der Waals surface area contributed by atoms with Crippen LogP contribution in [0.4, 0.5) is 14.5 Å². The Hall–Kier alpha value is -2.36. The van der Waals surface area contributed by atoms with Crippen molar-refractivity contribution in [2.75, 3.05) is 25.0 Å². The molecule has 2 aromatic rings. The van der Waals surface area contributed by atoms with E-state index in [0.717, 1.165) is 17.7 Å². The fourth-order valence-corrected chi connectivity index (χ4v) is 3.98. The van der Waals surface area contributed by atoms with Crippen LogP contribution in [0, 0.1) is 0 Å². The monoisotopic (exact) mass is 424 g/mol. The Morgan fingerprint density at radius 3 is 2.41 bits per heavy atom. The van der Waals surface area contributed by atoms with Crippen molar-refractivity contribution in [1.29, 1.82) is 0 Å². The summed E-state index contributed by atoms with van der Waals surface area (Å²) >= 11 is 0. The molecular formula is C20H22F2N2O4S. The number of morpholine rings is 1. The first kappa shape index (κ1) is 21.4. The molecule has 0 radical (unpaired) electrons. The van der Waals surface area contributed by atoms with E-state index in [0.29, 0.717) is 18.8 Å². The van der Waals surface area contributed by atoms with Crippen molar-refractivity contribution in [3.63, 3.8) is 0 Å². The van der Waals surface area contributed by atoms with Gasteiger partial charge in [-0.3, -0.25) is 9.69 Å². The molecule has 6 nitrogen and oxygen atoms in total. The van der Waals surface area contributed by atoms with Crippen LogP contribution in [-0.2, 0) is 19.4 Å². The van der Waals surface area contributed by atoms with Gasteiger partial charge in [-0.1, -0.05) is 30.3 Å². The maximum Gasteiger partial charge on any atom is 0.341 e. The van der Waals surface area contributed by atoms with Crippen LogP contribution >= 0.6 is 0 Å². The number of carbonyl (C=O) groups is 1. The molecule has 156 valence electrons. The SMILES string of the molecule is CC1CN(CC(=O)Nc2ccc(S(=O)(=O)C(F)F)cc2)CC(c2ccccc2)O1. The smallest absolute Gasteiger partial charge is 0.341 e. The number of hydrogen-bond donors (Lipinski definition) is 1. The molecule has 9 heteroatoms. The molecular weight excluding hydrogens is 402 g/mol. The van der Waals surface area contributed by atoms with Gasteiger partial charge in [0.15, 0.2) is 0 Å². The topological polar surface area (TPSA) is 75.7 Å². The predicted octanol–water partition coefficient (Wildman–Crippen LogP) is 3.08. The number of amides is 1. The number of nitrogens with one attached hydrogen (secondary N) is 1. The van der Waals surface area contributed by atoms with Crippen molar-refractivity contribution in [3.8, 4) is 0 Å². The standard InChI is InChI=1S/C20H22F2N2O4S/c1-14-11-24(12-18(28-14)15-5-3-2-4-6-15)13-19(25)23-16-7-9-17(10-8-16)29(26,27)20(21)22/h2-10,14,18,20H,11-13H2,1H3,(H,23,25). The van der Waals surface area contributed by atoms with Crippen molar-refractivity contribution in [3.05, 3.63) is 60.2 Å². The summed E-state index contributed by atoms with van der Waals surface area (Å²) in [4.78, 5) is 13.9. The molecule has 1 fully saturated rings. The number of benzene rings is 2. The number of ether oxygens (including phenoxy) is 1. The van der Waals surface area contributed by atoms with E-state index >= 15 is 0 Å². The van der Waals surface area contributed by atoms with Gasteiger partial charge in [0.1, 0.15) is 0 Å². The number of rotatable bonds is 6. The van der Waals surface area contributed by atoms with Crippen LogP contribution in [0.2, 0.25) is 0 Å². The van der Waals surface area contributed by atoms with Crippen LogP contribution in [0.25, 0.3) is 0 Å². The first-order chi connectivity index (χ1) is 13.8. The molecule has 2 unspecified atom stereocenters. The fourth-order valence-electron chi connectivity index (χ4n) is 3.25. The van der Waals surface area contributed by atoms with Crippen LogP contribution in [0.3, 0.4) is 0 Å². The second kappa shape index (κ2) is 8.98. The fraction of sp³-hybridized carbons (Fsp3) is 0.350. The quantitative estimate of drug-likeness (QED) is 0.771. The van der Waals surface area contributed by atoms with Gasteiger partial charge in [0.2, 0.25) is 15.7 Å². The lowest BCUT2D eigenvalue weighted by molar-refractivity contribution is -0.122. The number of hydrogen-bond acceptors (Lipinski definition) is 5. The minimum atomic E-state index is -4.65. The van der Waals surface area contributed by atoms with Gasteiger partial charge in [-0.2, -0.15) is 8.78 Å². The molecule has 1 aliphatic heterocycles. The number of sulfone groups is 1. The summed E-state index contributed by atoms with van der Waals surface area (Å²) in [5, 5.41) is 2.66. The highest BCUT2D eigenvalue weighted by Gasteiger charge is 2.28. The molecule has 0 aromatic heterocycles. The van der Waals surface area contributed by atoms with Crippen LogP contribution < -0.4 is 5.32 Å². The van der Waals surface area contributed by atoms with Crippen LogP contribution in [-0.4, -0.2) is 50.7 Å². The van der Waals surface area contributed by atoms with Gasteiger partial charge in [0.25, 0.3) is 0 Å². The number of halogens is 2. The minimum Gasteiger partial charge on any atom is -0.368 e. The summed E-state index contributed by atoms with van der Waals surface area (Å²) in [6.07, 6.45) is -0.174. The number of carbonyl (C=O) groups excluding carboxylic acids is 1. The molecule has 1 amide bonds. The van der Waals surface area contributed by atoms with Crippen molar-refractivity contribution in [2.24, 2.45) is 0 Å². The number of alkyl halides is 2. The van der Waals surface area contributed by atoms with E-state index in [4.69, 9.17) is 4.74 Å². The average molecular weight is 424 g/mol. The van der Waals surface area contributed by atoms with E-state index in [9.17, 15) is 22.0 Å². The Morgan fingerprint density at radius 1 is 1.14 bits per heavy atom. The highest BCUT2D eigenvalue weighted by Crippen LogP contribution is 2.25. The van der Waals surface area contributed by atoms with Crippen molar-refractivity contribution in [2.45, 2.75) is 29.8 Å². The predicted molar refractivity (Wildman–Crippen MR) is 104 cm³/mol. The molecule has 1 N–H and O–H groups in total. The highest BCUT2D eigenvalue weighted by molar-refractivity contribution is 7.91. The average Bonchev–Trinajstić information content (AvgIpc) is 2.68. The molecule has 29 heavy (non-hydrogen) atoms. The summed E-state index contributed by atoms with van der Waals surface area (Å²) in [6.45, 7) is 3.24. The highest BCUT2D eigenvalue weighted by atomic mass is 32.2. The third kappa shape index (κ3) is 5.37. The Kier molecular flexibility index (Phi) is 6.61. The Bertz CT molecular complexity index is 937. The van der Waals surface area contributed by atoms with E-state index in [1.807, 2.05) is 42.2 Å². The first-order valence-electron chi connectivity index (χ1n) is 9.10. The van der Waals surface area contributed by atoms with Gasteiger partial charge in [0, 0.05) is 18.8 Å². The van der Waals surface area contributed by atoms with Gasteiger partial charge in [-0.05, 0) is 36.8 Å². The number of nitrogens with zero attached hydrogens (tertiary/aromatic N) is 1. The van der Waals surface area contributed by atoms with Crippen molar-refractivity contribution < 1.29 is 26.7 Å². The molecule has 1 heterocycles. The minimum absolute atomic E-state index is 0.0411. The molecule has 2 aromatic carbocycles. The summed E-state index contributed by atoms with van der Waals surface area (Å²) in [5.74, 6) is -3.76. The van der Waals surface area contributed by atoms with E-state index in [1.165, 1.54) is 12.1 Å². The summed E-state index contributed by atoms with van der Waals surface area (Å²) in [6, 6.07) is 14.5. The van der Waals surface area contributed by atoms with Crippen LogP contribution in [0.5, 0.6) is 0 Å². The van der Waals surface area contributed by atoms with E-state index in [1.54, 1.807) is 0 Å². The van der Waals surface area contributed by atoms with E-state index < -0.39 is 20.5 Å². The molecule has 0 aliphatic carbocycles. The van der Waals surface area contributed by atoms with Gasteiger partial charge in [-0.15, -0.1) is 0 Å². The van der Waals surface area contributed by atoms with E-state index in [-0.39, 0.29) is 24.7 Å². The van der Waals surface area contributed by atoms with Gasteiger partial charge < -0.3 is 10.1 Å². The zero-order valence-corrected chi connectivity index (χ0v) is 16.6. The summed E-state index contributed by atoms with van der Waals surface area (Å²) < 4.78 is 54.0. The second-order valence-corrected chi connectivity index (χ2v) is 8.84. The molecule has 2 atom stereocenters. The Balaban J connectivity index is 1.60. The molecule has 0 spiro atoms. The molecule has 1 saturated heterocycles. The number of anilines is 1. The summed E-state index contributed by atoms with van der Waals surface area (Å²) in [5.41, 5.74) is 1.38. The zero-order valence-electron chi connectivity index (χ0n) is 15.8. The third-order valence-electron chi connectivity index (χ3n) is 4.58. The van der Waals surface area contributed by atoms with Gasteiger partial charge >= 0.3 is 5.76 Å². The van der Waals surface area contributed by atoms with Crippen molar-refractivity contribution >= 4 is 21.4 Å². The van der Waals surface area contributed by atoms with Crippen LogP contribution in [0.1, 0.15) is 18.6 Å². The third-order valence-corrected chi connectivity index (χ3v) is 5.97. The lowest BCUT2D eigenvalue weighted by Gasteiger charge is -2.36. The summed E-state index contributed by atoms with van der Waals surface area (Å²) in [7, 11) is -4.65. The van der Waals surface area contributed by atoms with E-state index in [2.05, 4.69) is 5.32 Å². The molecule has 3 rings (SSSR count). The van der Waals surface area contributed by atoms with Crippen LogP contribution in [0.15, 0.2) is 59.5 Å². The molecule has 0 bridgehead atoms.